The predicted octanol–water partition coefficient (Wildman–Crippen LogP) is 2.69. The Labute approximate surface area is 118 Å². The Kier molecular flexibility index (Phi) is 6.20. The van der Waals surface area contributed by atoms with Crippen LogP contribution in [0.25, 0.3) is 0 Å². The van der Waals surface area contributed by atoms with Gasteiger partial charge in [0, 0.05) is 0 Å². The van der Waals surface area contributed by atoms with Crippen molar-refractivity contribution in [1.82, 2.24) is 0 Å². The number of unbranched alkanes of at least 4 members (excludes halogenated alkanes) is 1. The lowest BCUT2D eigenvalue weighted by Gasteiger charge is -2.13. The van der Waals surface area contributed by atoms with E-state index >= 15 is 0 Å². The van der Waals surface area contributed by atoms with Gasteiger partial charge in [0.15, 0.2) is 11.5 Å². The van der Waals surface area contributed by atoms with Crippen LogP contribution in [0.15, 0.2) is 30.5 Å². The molecule has 108 valence electrons. The number of hydrogen-bond donors (Lipinski definition) is 1. The van der Waals surface area contributed by atoms with Gasteiger partial charge < -0.3 is 19.3 Å². The summed E-state index contributed by atoms with van der Waals surface area (Å²) in [4.78, 5) is 11.5. The third-order valence-electron chi connectivity index (χ3n) is 2.60. The van der Waals surface area contributed by atoms with E-state index in [0.717, 1.165) is 12.8 Å². The molecule has 0 saturated heterocycles. The Morgan fingerprint density at radius 2 is 2.20 bits per heavy atom. The van der Waals surface area contributed by atoms with Gasteiger partial charge in [-0.05, 0) is 31.1 Å². The average molecular weight is 278 g/mol. The number of esters is 1. The van der Waals surface area contributed by atoms with Gasteiger partial charge in [0.2, 0.25) is 5.75 Å². The zero-order valence-corrected chi connectivity index (χ0v) is 11.6. The Bertz CT molecular complexity index is 515. The molecule has 0 heterocycles. The number of allylic oxidation sites excluding steroid dienone is 1. The van der Waals surface area contributed by atoms with Crippen molar-refractivity contribution < 1.29 is 24.1 Å². The number of methoxy groups -OCH3 is 2. The molecular formula is C15H18O5. The van der Waals surface area contributed by atoms with Crippen LogP contribution < -0.4 is 9.47 Å². The second-order valence-corrected chi connectivity index (χ2v) is 3.88. The van der Waals surface area contributed by atoms with Crippen molar-refractivity contribution in [3.8, 4) is 17.2 Å². The zero-order chi connectivity index (χ0) is 15.0. The van der Waals surface area contributed by atoms with Gasteiger partial charge in [0.1, 0.15) is 5.56 Å². The van der Waals surface area contributed by atoms with Crippen molar-refractivity contribution in [2.24, 2.45) is 0 Å². The minimum atomic E-state index is -0.636. The first-order valence-electron chi connectivity index (χ1n) is 6.11. The third kappa shape index (κ3) is 3.80. The highest BCUT2D eigenvalue weighted by atomic mass is 16.5. The quantitative estimate of drug-likeness (QED) is 0.472. The molecule has 0 unspecified atom stereocenters. The van der Waals surface area contributed by atoms with E-state index in [1.807, 2.05) is 6.08 Å². The Balaban J connectivity index is 2.84. The Morgan fingerprint density at radius 3 is 2.80 bits per heavy atom. The lowest BCUT2D eigenvalue weighted by atomic mass is 10.1. The van der Waals surface area contributed by atoms with Crippen molar-refractivity contribution >= 4 is 5.97 Å². The minimum absolute atomic E-state index is 0.0336. The number of phenolic OH excluding ortho intramolecular Hbond substituents is 1. The molecule has 1 N–H and O–H groups in total. The van der Waals surface area contributed by atoms with E-state index in [4.69, 9.17) is 9.47 Å². The van der Waals surface area contributed by atoms with Gasteiger partial charge in [-0.25, -0.2) is 4.79 Å². The number of aromatic hydroxyl groups is 1. The first kappa shape index (κ1) is 15.7. The molecule has 0 spiro atoms. The second-order valence-electron chi connectivity index (χ2n) is 3.88. The van der Waals surface area contributed by atoms with Crippen molar-refractivity contribution in [3.63, 3.8) is 0 Å². The van der Waals surface area contributed by atoms with E-state index in [2.05, 4.69) is 17.0 Å². The van der Waals surface area contributed by atoms with Crippen LogP contribution >= 0.6 is 0 Å². The summed E-state index contributed by atoms with van der Waals surface area (Å²) in [6, 6.07) is 3.00. The van der Waals surface area contributed by atoms with Gasteiger partial charge in [-0.15, -0.1) is 5.73 Å². The van der Waals surface area contributed by atoms with Gasteiger partial charge in [0.25, 0.3) is 0 Å². The summed E-state index contributed by atoms with van der Waals surface area (Å²) in [5, 5.41) is 9.98. The molecule has 0 fully saturated rings. The third-order valence-corrected chi connectivity index (χ3v) is 2.60. The van der Waals surface area contributed by atoms with Crippen LogP contribution in [0.3, 0.4) is 0 Å². The maximum absolute atomic E-state index is 11.5. The number of rotatable bonds is 7. The van der Waals surface area contributed by atoms with Gasteiger partial charge in [-0.3, -0.25) is 0 Å². The molecule has 0 saturated carbocycles. The fraction of sp³-hybridized carbons (Fsp3) is 0.333. The maximum Gasteiger partial charge on any atom is 0.341 e. The highest BCUT2D eigenvalue weighted by Crippen LogP contribution is 2.39. The molecule has 0 aliphatic carbocycles. The van der Waals surface area contributed by atoms with Crippen molar-refractivity contribution in [2.75, 3.05) is 20.8 Å². The normalized spacial score (nSPS) is 9.50. The molecule has 0 amide bonds. The average Bonchev–Trinajstić information content (AvgIpc) is 2.46. The SMILES string of the molecule is C=C=CCCCOc1ccc(C(=O)OC)c(O)c1OC. The Hall–Kier alpha value is -2.39. The van der Waals surface area contributed by atoms with Gasteiger partial charge >= 0.3 is 5.97 Å². The van der Waals surface area contributed by atoms with Gasteiger partial charge in [-0.2, -0.15) is 0 Å². The molecule has 0 aliphatic heterocycles. The van der Waals surface area contributed by atoms with E-state index in [9.17, 15) is 9.90 Å². The number of carbonyl (C=O) groups is 1. The van der Waals surface area contributed by atoms with E-state index in [-0.39, 0.29) is 17.1 Å². The smallest absolute Gasteiger partial charge is 0.341 e. The highest BCUT2D eigenvalue weighted by Gasteiger charge is 2.19. The first-order valence-corrected chi connectivity index (χ1v) is 6.11. The van der Waals surface area contributed by atoms with Crippen molar-refractivity contribution in [1.29, 1.82) is 0 Å². The molecular weight excluding hydrogens is 260 g/mol. The van der Waals surface area contributed by atoms with E-state index in [1.165, 1.54) is 20.3 Å². The fourth-order valence-electron chi connectivity index (χ4n) is 1.61. The molecule has 0 bridgehead atoms. The van der Waals surface area contributed by atoms with Crippen LogP contribution in [0.5, 0.6) is 17.2 Å². The number of carbonyl (C=O) groups excluding carboxylic acids is 1. The lowest BCUT2D eigenvalue weighted by molar-refractivity contribution is 0.0596. The lowest BCUT2D eigenvalue weighted by Crippen LogP contribution is -2.04. The number of ether oxygens (including phenoxy) is 3. The van der Waals surface area contributed by atoms with Crippen LogP contribution in [0.4, 0.5) is 0 Å². The number of phenols is 1. The molecule has 5 nitrogen and oxygen atoms in total. The molecule has 0 aliphatic rings. The fourth-order valence-corrected chi connectivity index (χ4v) is 1.61. The van der Waals surface area contributed by atoms with Crippen LogP contribution in [0.2, 0.25) is 0 Å². The van der Waals surface area contributed by atoms with Gasteiger partial charge in [0.05, 0.1) is 20.8 Å². The number of benzene rings is 1. The summed E-state index contributed by atoms with van der Waals surface area (Å²) in [5.41, 5.74) is 2.71. The molecule has 0 atom stereocenters. The van der Waals surface area contributed by atoms with Crippen LogP contribution in [0.1, 0.15) is 23.2 Å². The second kappa shape index (κ2) is 7.92. The van der Waals surface area contributed by atoms with Crippen molar-refractivity contribution in [3.05, 3.63) is 36.1 Å². The zero-order valence-electron chi connectivity index (χ0n) is 11.6. The molecule has 1 rings (SSSR count). The molecule has 0 aromatic heterocycles. The summed E-state index contributed by atoms with van der Waals surface area (Å²) in [5.74, 6) is -0.432. The van der Waals surface area contributed by atoms with Crippen LogP contribution in [-0.2, 0) is 4.74 Å². The topological polar surface area (TPSA) is 65.0 Å². The summed E-state index contributed by atoms with van der Waals surface area (Å²) in [7, 11) is 2.63. The molecule has 1 aromatic rings. The largest absolute Gasteiger partial charge is 0.504 e. The maximum atomic E-state index is 11.5. The van der Waals surface area contributed by atoms with Crippen molar-refractivity contribution in [2.45, 2.75) is 12.8 Å². The summed E-state index contributed by atoms with van der Waals surface area (Å²) in [6.07, 6.45) is 3.40. The monoisotopic (exact) mass is 278 g/mol. The molecule has 1 aromatic carbocycles. The molecule has 20 heavy (non-hydrogen) atoms. The standard InChI is InChI=1S/C15H18O5/c1-4-5-6-7-10-20-12-9-8-11(15(17)19-3)13(16)14(12)18-2/h5,8-9,16H,1,6-7,10H2,2-3H3. The summed E-state index contributed by atoms with van der Waals surface area (Å²) >= 11 is 0. The highest BCUT2D eigenvalue weighted by molar-refractivity contribution is 5.93. The molecule has 0 radical (unpaired) electrons. The summed E-state index contributed by atoms with van der Waals surface area (Å²) in [6.45, 7) is 3.92. The molecule has 5 heteroatoms. The predicted molar refractivity (Wildman–Crippen MR) is 74.4 cm³/mol. The minimum Gasteiger partial charge on any atom is -0.504 e. The van der Waals surface area contributed by atoms with E-state index < -0.39 is 5.97 Å². The Morgan fingerprint density at radius 1 is 1.45 bits per heavy atom. The number of hydrogen-bond acceptors (Lipinski definition) is 5. The van der Waals surface area contributed by atoms with E-state index in [1.54, 1.807) is 6.07 Å². The summed E-state index contributed by atoms with van der Waals surface area (Å²) < 4.78 is 15.2. The first-order chi connectivity index (χ1) is 9.65. The van der Waals surface area contributed by atoms with Gasteiger partial charge in [-0.1, -0.05) is 6.58 Å². The van der Waals surface area contributed by atoms with E-state index in [0.29, 0.717) is 12.4 Å². The van der Waals surface area contributed by atoms with Crippen LogP contribution in [-0.4, -0.2) is 31.9 Å². The van der Waals surface area contributed by atoms with Crippen LogP contribution in [0, 0.1) is 0 Å².